The molecule has 0 aliphatic heterocycles. The van der Waals surface area contributed by atoms with E-state index in [1.807, 2.05) is 0 Å². The van der Waals surface area contributed by atoms with E-state index in [0.29, 0.717) is 40.2 Å². The summed E-state index contributed by atoms with van der Waals surface area (Å²) in [6.45, 7) is 0.270. The number of ether oxygens (including phenoxy) is 1. The highest BCUT2D eigenvalue weighted by Crippen LogP contribution is 2.50. The molecule has 114 valence electrons. The van der Waals surface area contributed by atoms with E-state index in [2.05, 4.69) is 10.3 Å². The molecule has 0 amide bonds. The first-order valence-electron chi connectivity index (χ1n) is 7.23. The summed E-state index contributed by atoms with van der Waals surface area (Å²) < 4.78 is 4.78. The molecule has 1 heterocycles. The minimum atomic E-state index is -0.442. The van der Waals surface area contributed by atoms with Crippen LogP contribution in [0.25, 0.3) is 0 Å². The van der Waals surface area contributed by atoms with Gasteiger partial charge in [0.25, 0.3) is 0 Å². The third-order valence-electron chi connectivity index (χ3n) is 4.76. The summed E-state index contributed by atoms with van der Waals surface area (Å²) in [4.78, 5) is 16.0. The van der Waals surface area contributed by atoms with Crippen LogP contribution in [0.15, 0.2) is 12.3 Å². The summed E-state index contributed by atoms with van der Waals surface area (Å²) >= 11 is 5.90. The lowest BCUT2D eigenvalue weighted by atomic mass is 9.71. The number of fused-ring (bicyclic) bond motifs is 1. The van der Waals surface area contributed by atoms with Crippen molar-refractivity contribution in [1.29, 1.82) is 0 Å². The predicted octanol–water partition coefficient (Wildman–Crippen LogP) is 2.34. The Balaban J connectivity index is 1.73. The van der Waals surface area contributed by atoms with Crippen molar-refractivity contribution in [1.82, 2.24) is 4.98 Å². The average Bonchev–Trinajstić information content (AvgIpc) is 2.82. The number of halogens is 1. The van der Waals surface area contributed by atoms with Crippen LogP contribution in [0, 0.1) is 17.8 Å². The fraction of sp³-hybridized carbons (Fsp3) is 0.600. The van der Waals surface area contributed by atoms with E-state index < -0.39 is 5.97 Å². The third-order valence-corrected chi connectivity index (χ3v) is 4.97. The Labute approximate surface area is 128 Å². The smallest absolute Gasteiger partial charge is 0.341 e. The van der Waals surface area contributed by atoms with Gasteiger partial charge < -0.3 is 15.2 Å². The third kappa shape index (κ3) is 2.72. The molecule has 0 bridgehead atoms. The second-order valence-electron chi connectivity index (χ2n) is 5.97. The van der Waals surface area contributed by atoms with Crippen molar-refractivity contribution in [3.05, 3.63) is 22.8 Å². The predicted molar refractivity (Wildman–Crippen MR) is 79.4 cm³/mol. The van der Waals surface area contributed by atoms with Crippen LogP contribution in [0.1, 0.15) is 29.6 Å². The number of carbonyl (C=O) groups excluding carboxylic acids is 1. The zero-order valence-electron chi connectivity index (χ0n) is 11.9. The summed E-state index contributed by atoms with van der Waals surface area (Å²) in [5, 5.41) is 13.0. The first-order valence-corrected chi connectivity index (χ1v) is 7.61. The molecule has 5 nitrogen and oxygen atoms in total. The van der Waals surface area contributed by atoms with Crippen LogP contribution in [0.5, 0.6) is 0 Å². The zero-order chi connectivity index (χ0) is 15.0. The Hall–Kier alpha value is -1.33. The number of esters is 1. The number of methoxy groups -OCH3 is 1. The van der Waals surface area contributed by atoms with Crippen molar-refractivity contribution in [2.75, 3.05) is 19.0 Å². The first-order chi connectivity index (χ1) is 10.1. The molecule has 1 aromatic rings. The Bertz CT molecular complexity index is 552. The number of hydrogen-bond acceptors (Lipinski definition) is 5. The van der Waals surface area contributed by atoms with Gasteiger partial charge in [-0.3, -0.25) is 0 Å². The summed E-state index contributed by atoms with van der Waals surface area (Å²) in [5.74, 6) is 1.76. The highest BCUT2D eigenvalue weighted by atomic mass is 35.5. The fourth-order valence-corrected chi connectivity index (χ4v) is 3.81. The Kier molecular flexibility index (Phi) is 4.04. The van der Waals surface area contributed by atoms with E-state index in [1.54, 1.807) is 6.07 Å². The largest absolute Gasteiger partial charge is 0.465 e. The fourth-order valence-electron chi connectivity index (χ4n) is 3.66. The maximum atomic E-state index is 11.8. The van der Waals surface area contributed by atoms with Gasteiger partial charge in [-0.05, 0) is 43.1 Å². The number of nitrogens with one attached hydrogen (secondary N) is 1. The van der Waals surface area contributed by atoms with Crippen LogP contribution in [0.3, 0.4) is 0 Å². The van der Waals surface area contributed by atoms with Crippen LogP contribution in [-0.4, -0.2) is 35.8 Å². The van der Waals surface area contributed by atoms with Gasteiger partial charge in [0.15, 0.2) is 0 Å². The number of aliphatic hydroxyl groups excluding tert-OH is 1. The molecule has 0 radical (unpaired) electrons. The van der Waals surface area contributed by atoms with Gasteiger partial charge in [-0.2, -0.15) is 0 Å². The highest BCUT2D eigenvalue weighted by Gasteiger charge is 2.47. The lowest BCUT2D eigenvalue weighted by Gasteiger charge is -2.41. The van der Waals surface area contributed by atoms with Crippen molar-refractivity contribution >= 4 is 23.4 Å². The van der Waals surface area contributed by atoms with Gasteiger partial charge >= 0.3 is 5.97 Å². The standard InChI is InChI=1S/C15H19ClN2O3/c1-21-15(20)12-5-10(16)6-17-14(12)18-13-4-9-2-8(7-19)3-11(9)13/h5-6,8-9,11,13,19H,2-4,7H2,1H3,(H,17,18)/t8?,9-,11-,13+/m0/s1. The second kappa shape index (κ2) is 5.81. The van der Waals surface area contributed by atoms with Gasteiger partial charge in [0.1, 0.15) is 11.4 Å². The van der Waals surface area contributed by atoms with Gasteiger partial charge in [-0.15, -0.1) is 0 Å². The lowest BCUT2D eigenvalue weighted by molar-refractivity contribution is 0.0601. The molecule has 2 fully saturated rings. The average molecular weight is 311 g/mol. The van der Waals surface area contributed by atoms with E-state index in [4.69, 9.17) is 16.3 Å². The molecule has 3 rings (SSSR count). The number of aromatic nitrogens is 1. The van der Waals surface area contributed by atoms with E-state index >= 15 is 0 Å². The number of hydrogen-bond donors (Lipinski definition) is 2. The number of nitrogens with zero attached hydrogens (tertiary/aromatic N) is 1. The summed E-state index contributed by atoms with van der Waals surface area (Å²) in [7, 11) is 1.34. The van der Waals surface area contributed by atoms with Crippen molar-refractivity contribution in [2.24, 2.45) is 17.8 Å². The van der Waals surface area contributed by atoms with E-state index in [0.717, 1.165) is 19.3 Å². The number of anilines is 1. The van der Waals surface area contributed by atoms with Crippen molar-refractivity contribution < 1.29 is 14.6 Å². The van der Waals surface area contributed by atoms with Gasteiger partial charge in [-0.1, -0.05) is 11.6 Å². The molecular weight excluding hydrogens is 292 g/mol. The molecule has 0 saturated heterocycles. The van der Waals surface area contributed by atoms with Crippen LogP contribution >= 0.6 is 11.6 Å². The molecular formula is C15H19ClN2O3. The van der Waals surface area contributed by atoms with Crippen molar-refractivity contribution in [3.8, 4) is 0 Å². The van der Waals surface area contributed by atoms with Gasteiger partial charge in [0.2, 0.25) is 0 Å². The second-order valence-corrected chi connectivity index (χ2v) is 6.41. The quantitative estimate of drug-likeness (QED) is 0.835. The van der Waals surface area contributed by atoms with Crippen molar-refractivity contribution in [3.63, 3.8) is 0 Å². The van der Waals surface area contributed by atoms with Gasteiger partial charge in [0, 0.05) is 18.8 Å². The zero-order valence-corrected chi connectivity index (χ0v) is 12.6. The summed E-state index contributed by atoms with van der Waals surface area (Å²) in [5.41, 5.74) is 0.366. The normalized spacial score (nSPS) is 30.4. The maximum absolute atomic E-state index is 11.8. The highest BCUT2D eigenvalue weighted by molar-refractivity contribution is 6.30. The van der Waals surface area contributed by atoms with Crippen LogP contribution in [-0.2, 0) is 4.74 Å². The Morgan fingerprint density at radius 2 is 2.33 bits per heavy atom. The molecule has 6 heteroatoms. The van der Waals surface area contributed by atoms with Gasteiger partial charge in [-0.25, -0.2) is 9.78 Å². The van der Waals surface area contributed by atoms with Gasteiger partial charge in [0.05, 0.1) is 12.1 Å². The minimum Gasteiger partial charge on any atom is -0.465 e. The van der Waals surface area contributed by atoms with E-state index in [1.165, 1.54) is 13.3 Å². The molecule has 2 aliphatic rings. The Morgan fingerprint density at radius 1 is 1.52 bits per heavy atom. The number of carbonyl (C=O) groups is 1. The van der Waals surface area contributed by atoms with Crippen LogP contribution < -0.4 is 5.32 Å². The molecule has 0 aromatic carbocycles. The van der Waals surface area contributed by atoms with Crippen molar-refractivity contribution in [2.45, 2.75) is 25.3 Å². The number of pyridine rings is 1. The molecule has 21 heavy (non-hydrogen) atoms. The molecule has 2 saturated carbocycles. The molecule has 0 spiro atoms. The molecule has 2 N–H and O–H groups in total. The number of aliphatic hydroxyl groups is 1. The topological polar surface area (TPSA) is 71.5 Å². The molecule has 1 unspecified atom stereocenters. The minimum absolute atomic E-state index is 0.270. The van der Waals surface area contributed by atoms with Crippen LogP contribution in [0.2, 0.25) is 5.02 Å². The first kappa shape index (κ1) is 14.6. The Morgan fingerprint density at radius 3 is 3.05 bits per heavy atom. The SMILES string of the molecule is COC(=O)c1cc(Cl)cnc1N[C@@H]1C[C@@H]2CC(CO)C[C@@H]21. The molecule has 4 atom stereocenters. The van der Waals surface area contributed by atoms with E-state index in [9.17, 15) is 9.90 Å². The van der Waals surface area contributed by atoms with Crippen LogP contribution in [0.4, 0.5) is 5.82 Å². The molecule has 1 aromatic heterocycles. The monoisotopic (exact) mass is 310 g/mol. The number of rotatable bonds is 4. The maximum Gasteiger partial charge on any atom is 0.341 e. The summed E-state index contributed by atoms with van der Waals surface area (Å²) in [6, 6.07) is 1.88. The molecule has 2 aliphatic carbocycles. The summed E-state index contributed by atoms with van der Waals surface area (Å²) in [6.07, 6.45) is 4.74. The lowest BCUT2D eigenvalue weighted by Crippen LogP contribution is -2.43. The van der Waals surface area contributed by atoms with E-state index in [-0.39, 0.29) is 6.61 Å².